The number of ether oxygens (including phenoxy) is 1. The lowest BCUT2D eigenvalue weighted by Crippen LogP contribution is -2.54. The molecule has 1 saturated heterocycles. The van der Waals surface area contributed by atoms with Crippen LogP contribution in [0.2, 0.25) is 0 Å². The van der Waals surface area contributed by atoms with E-state index in [4.69, 9.17) is 9.73 Å². The molecule has 0 bridgehead atoms. The summed E-state index contributed by atoms with van der Waals surface area (Å²) in [5.41, 5.74) is 1.26. The predicted octanol–water partition coefficient (Wildman–Crippen LogP) is 1.89. The molecule has 1 aromatic heterocycles. The van der Waals surface area contributed by atoms with Crippen LogP contribution in [0.25, 0.3) is 0 Å². The lowest BCUT2D eigenvalue weighted by Gasteiger charge is -2.35. The van der Waals surface area contributed by atoms with Gasteiger partial charge in [-0.3, -0.25) is 0 Å². The smallest absolute Gasteiger partial charge is 0.216 e. The first-order chi connectivity index (χ1) is 12.8. The summed E-state index contributed by atoms with van der Waals surface area (Å²) in [4.78, 5) is 8.15. The van der Waals surface area contributed by atoms with Crippen molar-refractivity contribution in [3.63, 3.8) is 0 Å². The molecule has 1 aliphatic heterocycles. The van der Waals surface area contributed by atoms with Gasteiger partial charge in [0.25, 0.3) is 0 Å². The molecule has 0 atom stereocenters. The molecule has 0 aromatic carbocycles. The number of hydrogen-bond acceptors (Lipinski definition) is 5. The van der Waals surface area contributed by atoms with Crippen molar-refractivity contribution in [3.05, 3.63) is 21.9 Å². The largest absolute Gasteiger partial charge is 0.378 e. The minimum absolute atomic E-state index is 0.0387. The summed E-state index contributed by atoms with van der Waals surface area (Å²) < 4.78 is 31.9. The molecular formula is C18H32N4O3S2. The number of nitrogens with zero attached hydrogens (tertiary/aromatic N) is 3. The van der Waals surface area contributed by atoms with E-state index in [1.165, 1.54) is 10.4 Å². The van der Waals surface area contributed by atoms with E-state index in [0.717, 1.165) is 12.5 Å². The number of rotatable bonds is 8. The molecule has 2 rings (SSSR count). The van der Waals surface area contributed by atoms with E-state index >= 15 is 0 Å². The highest BCUT2D eigenvalue weighted by molar-refractivity contribution is 7.89. The Labute approximate surface area is 167 Å². The summed E-state index contributed by atoms with van der Waals surface area (Å²) in [6.45, 7) is 11.9. The molecule has 2 heterocycles. The normalized spacial score (nSPS) is 16.9. The zero-order chi connectivity index (χ0) is 19.9. The Hall–Kier alpha value is -1.16. The fourth-order valence-electron chi connectivity index (χ4n) is 2.83. The van der Waals surface area contributed by atoms with Gasteiger partial charge in [-0.25, -0.2) is 13.4 Å². The van der Waals surface area contributed by atoms with Gasteiger partial charge in [0.15, 0.2) is 5.96 Å². The van der Waals surface area contributed by atoms with Crippen LogP contribution in [-0.2, 0) is 21.3 Å². The Morgan fingerprint density at radius 3 is 2.59 bits per heavy atom. The van der Waals surface area contributed by atoms with E-state index in [0.29, 0.717) is 32.7 Å². The molecule has 9 heteroatoms. The number of guanidine groups is 1. The maximum atomic E-state index is 12.5. The van der Waals surface area contributed by atoms with Gasteiger partial charge in [-0.15, -0.1) is 11.3 Å². The molecule has 7 nitrogen and oxygen atoms in total. The van der Waals surface area contributed by atoms with E-state index in [-0.39, 0.29) is 18.5 Å². The van der Waals surface area contributed by atoms with Crippen molar-refractivity contribution in [2.24, 2.45) is 4.99 Å². The molecule has 0 spiro atoms. The Bertz CT molecular complexity index is 708. The maximum Gasteiger partial charge on any atom is 0.216 e. The van der Waals surface area contributed by atoms with E-state index in [1.807, 2.05) is 20.8 Å². The lowest BCUT2D eigenvalue weighted by molar-refractivity contribution is 0.0904. The average molecular weight is 417 g/mol. The van der Waals surface area contributed by atoms with Crippen LogP contribution in [0.15, 0.2) is 16.4 Å². The first-order valence-electron chi connectivity index (χ1n) is 9.49. The second-order valence-corrected chi connectivity index (χ2v) is 9.91. The zero-order valence-electron chi connectivity index (χ0n) is 16.8. The summed E-state index contributed by atoms with van der Waals surface area (Å²) in [6, 6.07) is 2.11. The van der Waals surface area contributed by atoms with E-state index < -0.39 is 10.0 Å². The predicted molar refractivity (Wildman–Crippen MR) is 112 cm³/mol. The number of piperazine rings is 1. The van der Waals surface area contributed by atoms with Gasteiger partial charge in [0.1, 0.15) is 0 Å². The molecule has 1 aromatic rings. The molecule has 0 unspecified atom stereocenters. The Kier molecular flexibility index (Phi) is 8.53. The minimum Gasteiger partial charge on any atom is -0.378 e. The fraction of sp³-hybridized carbons (Fsp3) is 0.722. The van der Waals surface area contributed by atoms with Crippen molar-refractivity contribution in [1.29, 1.82) is 0 Å². The summed E-state index contributed by atoms with van der Waals surface area (Å²) in [6.07, 6.45) is 0.0444. The third kappa shape index (κ3) is 6.74. The third-order valence-electron chi connectivity index (χ3n) is 4.40. The van der Waals surface area contributed by atoms with Crippen molar-refractivity contribution in [2.75, 3.05) is 45.1 Å². The number of aliphatic imine (C=N–C) groups is 1. The Morgan fingerprint density at radius 2 is 2.04 bits per heavy atom. The molecule has 0 aliphatic carbocycles. The van der Waals surface area contributed by atoms with E-state index in [1.54, 1.807) is 15.6 Å². The third-order valence-corrected chi connectivity index (χ3v) is 7.24. The highest BCUT2D eigenvalue weighted by atomic mass is 32.2. The van der Waals surface area contributed by atoms with Crippen molar-refractivity contribution in [2.45, 2.75) is 40.3 Å². The molecule has 27 heavy (non-hydrogen) atoms. The van der Waals surface area contributed by atoms with Gasteiger partial charge in [-0.05, 0) is 44.7 Å². The summed E-state index contributed by atoms with van der Waals surface area (Å²) in [5.74, 6) is 0.891. The Balaban J connectivity index is 1.92. The SMILES string of the molecule is CCNC(=NCc1sccc1C)N1CCN(S(=O)(=O)CCOC(C)C)CC1. The van der Waals surface area contributed by atoms with Crippen molar-refractivity contribution >= 4 is 27.3 Å². The van der Waals surface area contributed by atoms with E-state index in [9.17, 15) is 8.42 Å². The van der Waals surface area contributed by atoms with Crippen molar-refractivity contribution < 1.29 is 13.2 Å². The summed E-state index contributed by atoms with van der Waals surface area (Å²) in [5, 5.41) is 5.41. The number of aryl methyl sites for hydroxylation is 1. The topological polar surface area (TPSA) is 74.2 Å². The minimum atomic E-state index is -3.27. The monoisotopic (exact) mass is 416 g/mol. The maximum absolute atomic E-state index is 12.5. The molecule has 1 fully saturated rings. The highest BCUT2D eigenvalue weighted by Gasteiger charge is 2.28. The van der Waals surface area contributed by atoms with Gasteiger partial charge < -0.3 is 15.0 Å². The number of thiophene rings is 1. The molecule has 0 amide bonds. The first kappa shape index (κ1) is 22.1. The zero-order valence-corrected chi connectivity index (χ0v) is 18.4. The van der Waals surface area contributed by atoms with Gasteiger partial charge in [-0.1, -0.05) is 0 Å². The standard InChI is InChI=1S/C18H32N4O3S2/c1-5-19-18(20-14-17-16(4)6-12-26-17)21-7-9-22(10-8-21)27(23,24)13-11-25-15(2)3/h6,12,15H,5,7-11,13-14H2,1-4H3,(H,19,20). The van der Waals surface area contributed by atoms with Crippen molar-refractivity contribution in [1.82, 2.24) is 14.5 Å². The van der Waals surface area contributed by atoms with Gasteiger partial charge in [0, 0.05) is 37.6 Å². The lowest BCUT2D eigenvalue weighted by atomic mass is 10.3. The second kappa shape index (κ2) is 10.4. The Morgan fingerprint density at radius 1 is 1.33 bits per heavy atom. The molecule has 0 radical (unpaired) electrons. The van der Waals surface area contributed by atoms with Crippen LogP contribution >= 0.6 is 11.3 Å². The molecule has 1 N–H and O–H groups in total. The van der Waals surface area contributed by atoms with Crippen LogP contribution in [0.3, 0.4) is 0 Å². The van der Waals surface area contributed by atoms with Crippen LogP contribution in [0.4, 0.5) is 0 Å². The molecule has 1 aliphatic rings. The van der Waals surface area contributed by atoms with Crippen LogP contribution in [0.5, 0.6) is 0 Å². The van der Waals surface area contributed by atoms with Crippen LogP contribution in [-0.4, -0.2) is 74.8 Å². The number of sulfonamides is 1. The molecular weight excluding hydrogens is 384 g/mol. The van der Waals surface area contributed by atoms with Gasteiger partial charge in [0.2, 0.25) is 10.0 Å². The summed E-state index contributed by atoms with van der Waals surface area (Å²) >= 11 is 1.72. The average Bonchev–Trinajstić information content (AvgIpc) is 3.03. The van der Waals surface area contributed by atoms with Crippen LogP contribution in [0, 0.1) is 6.92 Å². The van der Waals surface area contributed by atoms with Crippen LogP contribution in [0.1, 0.15) is 31.2 Å². The fourth-order valence-corrected chi connectivity index (χ4v) is 4.95. The first-order valence-corrected chi connectivity index (χ1v) is 12.0. The molecule has 0 saturated carbocycles. The number of nitrogens with one attached hydrogen (secondary N) is 1. The van der Waals surface area contributed by atoms with Gasteiger partial charge in [-0.2, -0.15) is 4.31 Å². The van der Waals surface area contributed by atoms with E-state index in [2.05, 4.69) is 28.6 Å². The van der Waals surface area contributed by atoms with Gasteiger partial charge >= 0.3 is 0 Å². The quantitative estimate of drug-likeness (QED) is 0.517. The summed E-state index contributed by atoms with van der Waals surface area (Å²) in [7, 11) is -3.27. The van der Waals surface area contributed by atoms with Crippen LogP contribution < -0.4 is 5.32 Å². The highest BCUT2D eigenvalue weighted by Crippen LogP contribution is 2.17. The second-order valence-electron chi connectivity index (χ2n) is 6.82. The molecule has 154 valence electrons. The van der Waals surface area contributed by atoms with Crippen molar-refractivity contribution in [3.8, 4) is 0 Å². The number of hydrogen-bond donors (Lipinski definition) is 1. The van der Waals surface area contributed by atoms with Gasteiger partial charge in [0.05, 0.1) is 25.0 Å².